The summed E-state index contributed by atoms with van der Waals surface area (Å²) in [5, 5.41) is 8.73. The van der Waals surface area contributed by atoms with Crippen LogP contribution in [0.15, 0.2) is 18.3 Å². The van der Waals surface area contributed by atoms with E-state index in [1.165, 1.54) is 0 Å². The second kappa shape index (κ2) is 2.64. The predicted octanol–water partition coefficient (Wildman–Crippen LogP) is 0.585. The molecule has 1 saturated heterocycles. The third-order valence-electron chi connectivity index (χ3n) is 1.85. The summed E-state index contributed by atoms with van der Waals surface area (Å²) in [6.45, 7) is 1.39. The number of aromatic nitrogens is 1. The third-order valence-corrected chi connectivity index (χ3v) is 1.85. The van der Waals surface area contributed by atoms with E-state index in [1.807, 2.05) is 0 Å². The number of hydrogen-bond donors (Lipinski definition) is 1. The molecule has 0 radical (unpaired) electrons. The summed E-state index contributed by atoms with van der Waals surface area (Å²) in [5.41, 5.74) is 0.325. The van der Waals surface area contributed by atoms with Crippen molar-refractivity contribution in [2.45, 2.75) is 12.6 Å². The molecule has 64 valence electrons. The van der Waals surface area contributed by atoms with Crippen LogP contribution in [0.4, 0.5) is 0 Å². The van der Waals surface area contributed by atoms with Gasteiger partial charge in [0.2, 0.25) is 0 Å². The van der Waals surface area contributed by atoms with Crippen molar-refractivity contribution in [3.8, 4) is 0 Å². The molecular weight excluding hydrogens is 158 g/mol. The Morgan fingerprint density at radius 1 is 1.83 bits per heavy atom. The molecule has 0 aliphatic carbocycles. The molecule has 2 heterocycles. The molecule has 1 aliphatic heterocycles. The number of aromatic carboxylic acids is 1. The minimum Gasteiger partial charge on any atom is -0.477 e. The zero-order chi connectivity index (χ0) is 8.55. The maximum absolute atomic E-state index is 10.6. The van der Waals surface area contributed by atoms with Gasteiger partial charge in [0.1, 0.15) is 5.69 Å². The summed E-state index contributed by atoms with van der Waals surface area (Å²) >= 11 is 0. The molecule has 0 aromatic carbocycles. The molecule has 1 aromatic heterocycles. The van der Waals surface area contributed by atoms with Crippen molar-refractivity contribution in [2.24, 2.45) is 0 Å². The molecule has 0 bridgehead atoms. The van der Waals surface area contributed by atoms with Crippen LogP contribution < -0.4 is 0 Å². The maximum atomic E-state index is 10.6. The molecule has 1 unspecified atom stereocenters. The van der Waals surface area contributed by atoms with Crippen molar-refractivity contribution >= 4 is 5.97 Å². The number of nitrogens with zero attached hydrogens (tertiary/aromatic N) is 1. The first-order valence-electron chi connectivity index (χ1n) is 3.77. The Balaban J connectivity index is 2.17. The molecule has 1 fully saturated rings. The average molecular weight is 167 g/mol. The van der Waals surface area contributed by atoms with Crippen molar-refractivity contribution in [1.82, 2.24) is 4.57 Å². The lowest BCUT2D eigenvalue weighted by Gasteiger charge is -2.01. The molecule has 12 heavy (non-hydrogen) atoms. The van der Waals surface area contributed by atoms with Gasteiger partial charge in [0.05, 0.1) is 19.3 Å². The van der Waals surface area contributed by atoms with E-state index in [1.54, 1.807) is 22.9 Å². The van der Waals surface area contributed by atoms with Crippen LogP contribution in [0.5, 0.6) is 0 Å². The molecular formula is C8H9NO3. The van der Waals surface area contributed by atoms with E-state index in [0.29, 0.717) is 12.2 Å². The maximum Gasteiger partial charge on any atom is 0.352 e. The number of carboxylic acids is 1. The molecule has 1 aliphatic rings. The van der Waals surface area contributed by atoms with Gasteiger partial charge in [-0.15, -0.1) is 0 Å². The first-order valence-corrected chi connectivity index (χ1v) is 3.77. The fourth-order valence-electron chi connectivity index (χ4n) is 1.16. The quantitative estimate of drug-likeness (QED) is 0.670. The van der Waals surface area contributed by atoms with E-state index in [0.717, 1.165) is 6.61 Å². The minimum absolute atomic E-state index is 0.218. The van der Waals surface area contributed by atoms with Gasteiger partial charge in [-0.25, -0.2) is 4.79 Å². The molecule has 4 nitrogen and oxygen atoms in total. The largest absolute Gasteiger partial charge is 0.477 e. The fourth-order valence-corrected chi connectivity index (χ4v) is 1.16. The summed E-state index contributed by atoms with van der Waals surface area (Å²) in [4.78, 5) is 10.6. The van der Waals surface area contributed by atoms with Crippen LogP contribution in [0.3, 0.4) is 0 Å². The standard InChI is InChI=1S/C8H9NO3/c10-8(11)7-2-1-3-9(7)4-6-5-12-6/h1-3,6H,4-5H2,(H,10,11). The SMILES string of the molecule is O=C(O)c1cccn1CC1CO1. The zero-order valence-corrected chi connectivity index (χ0v) is 6.43. The molecule has 1 N–H and O–H groups in total. The Hall–Kier alpha value is -1.29. The molecule has 0 amide bonds. The Morgan fingerprint density at radius 3 is 3.17 bits per heavy atom. The van der Waals surface area contributed by atoms with Gasteiger partial charge in [-0.3, -0.25) is 0 Å². The van der Waals surface area contributed by atoms with Crippen LogP contribution in [-0.2, 0) is 11.3 Å². The van der Waals surface area contributed by atoms with Crippen LogP contribution in [0.25, 0.3) is 0 Å². The highest BCUT2D eigenvalue weighted by Crippen LogP contribution is 2.13. The number of hydrogen-bond acceptors (Lipinski definition) is 2. The highest BCUT2D eigenvalue weighted by molar-refractivity contribution is 5.85. The summed E-state index contributed by atoms with van der Waals surface area (Å²) in [6.07, 6.45) is 1.97. The molecule has 1 atom stereocenters. The summed E-state index contributed by atoms with van der Waals surface area (Å²) in [7, 11) is 0. The summed E-state index contributed by atoms with van der Waals surface area (Å²) < 4.78 is 6.70. The minimum atomic E-state index is -0.888. The average Bonchev–Trinajstić information content (AvgIpc) is 2.66. The van der Waals surface area contributed by atoms with Gasteiger partial charge >= 0.3 is 5.97 Å². The number of ether oxygens (including phenoxy) is 1. The highest BCUT2D eigenvalue weighted by atomic mass is 16.6. The van der Waals surface area contributed by atoms with E-state index >= 15 is 0 Å². The second-order valence-corrected chi connectivity index (χ2v) is 2.81. The van der Waals surface area contributed by atoms with E-state index in [-0.39, 0.29) is 6.10 Å². The monoisotopic (exact) mass is 167 g/mol. The van der Waals surface area contributed by atoms with E-state index in [2.05, 4.69) is 0 Å². The highest BCUT2D eigenvalue weighted by Gasteiger charge is 2.24. The first kappa shape index (κ1) is 7.36. The Labute approximate surface area is 69.4 Å². The van der Waals surface area contributed by atoms with E-state index in [9.17, 15) is 4.79 Å². The van der Waals surface area contributed by atoms with Crippen molar-refractivity contribution in [3.05, 3.63) is 24.0 Å². The van der Waals surface area contributed by atoms with Gasteiger partial charge in [-0.05, 0) is 12.1 Å². The Kier molecular flexibility index (Phi) is 1.62. The van der Waals surface area contributed by atoms with Crippen LogP contribution >= 0.6 is 0 Å². The van der Waals surface area contributed by atoms with Crippen molar-refractivity contribution in [1.29, 1.82) is 0 Å². The normalized spacial score (nSPS) is 20.8. The van der Waals surface area contributed by atoms with Gasteiger partial charge in [0.25, 0.3) is 0 Å². The van der Waals surface area contributed by atoms with Crippen LogP contribution in [0, 0.1) is 0 Å². The third kappa shape index (κ3) is 1.33. The summed E-state index contributed by atoms with van der Waals surface area (Å²) in [6, 6.07) is 3.32. The fraction of sp³-hybridized carbons (Fsp3) is 0.375. The lowest BCUT2D eigenvalue weighted by Crippen LogP contribution is -2.10. The molecule has 2 rings (SSSR count). The van der Waals surface area contributed by atoms with Crippen molar-refractivity contribution < 1.29 is 14.6 Å². The number of epoxide rings is 1. The smallest absolute Gasteiger partial charge is 0.352 e. The predicted molar refractivity (Wildman–Crippen MR) is 41.1 cm³/mol. The van der Waals surface area contributed by atoms with Gasteiger partial charge in [-0.1, -0.05) is 0 Å². The Bertz CT molecular complexity index is 301. The number of carbonyl (C=O) groups is 1. The van der Waals surface area contributed by atoms with Gasteiger partial charge in [0.15, 0.2) is 0 Å². The lowest BCUT2D eigenvalue weighted by molar-refractivity contribution is 0.0684. The van der Waals surface area contributed by atoms with Crippen LogP contribution in [0.2, 0.25) is 0 Å². The second-order valence-electron chi connectivity index (χ2n) is 2.81. The Morgan fingerprint density at radius 2 is 2.58 bits per heavy atom. The molecule has 0 spiro atoms. The first-order chi connectivity index (χ1) is 5.77. The van der Waals surface area contributed by atoms with Crippen molar-refractivity contribution in [2.75, 3.05) is 6.61 Å². The van der Waals surface area contributed by atoms with E-state index < -0.39 is 5.97 Å². The zero-order valence-electron chi connectivity index (χ0n) is 6.43. The van der Waals surface area contributed by atoms with Crippen LogP contribution in [-0.4, -0.2) is 28.4 Å². The summed E-state index contributed by atoms with van der Waals surface area (Å²) in [5.74, 6) is -0.888. The van der Waals surface area contributed by atoms with Gasteiger partial charge in [-0.2, -0.15) is 0 Å². The number of rotatable bonds is 3. The lowest BCUT2D eigenvalue weighted by atomic mass is 10.4. The number of carboxylic acid groups (broad SMARTS) is 1. The van der Waals surface area contributed by atoms with Crippen LogP contribution in [0.1, 0.15) is 10.5 Å². The van der Waals surface area contributed by atoms with Gasteiger partial charge in [0, 0.05) is 6.20 Å². The topological polar surface area (TPSA) is 54.8 Å². The molecule has 4 heteroatoms. The van der Waals surface area contributed by atoms with Crippen molar-refractivity contribution in [3.63, 3.8) is 0 Å². The molecule has 1 aromatic rings. The van der Waals surface area contributed by atoms with E-state index in [4.69, 9.17) is 9.84 Å². The molecule has 0 saturated carbocycles. The van der Waals surface area contributed by atoms with Gasteiger partial charge < -0.3 is 14.4 Å².